The summed E-state index contributed by atoms with van der Waals surface area (Å²) >= 11 is 0. The van der Waals surface area contributed by atoms with Crippen LogP contribution in [0.15, 0.2) is 36.7 Å². The van der Waals surface area contributed by atoms with Gasteiger partial charge in [0, 0.05) is 12.4 Å². The molecule has 0 spiro atoms. The molecule has 1 aromatic heterocycles. The number of carboxylic acids is 1. The lowest BCUT2D eigenvalue weighted by molar-refractivity contribution is 0.0685. The normalized spacial score (nSPS) is 9.89. The molecule has 96 valence electrons. The molecule has 7 nitrogen and oxygen atoms in total. The highest BCUT2D eigenvalue weighted by Gasteiger charge is 2.19. The fourth-order valence-corrected chi connectivity index (χ4v) is 1.42. The number of nitrogens with zero attached hydrogens (tertiary/aromatic N) is 2. The van der Waals surface area contributed by atoms with Crippen molar-refractivity contribution in [2.24, 2.45) is 0 Å². The lowest BCUT2D eigenvalue weighted by Crippen LogP contribution is -2.19. The predicted octanol–water partition coefficient (Wildman–Crippen LogP) is 1.13. The van der Waals surface area contributed by atoms with Gasteiger partial charge in [0.15, 0.2) is 11.4 Å². The quantitative estimate of drug-likeness (QED) is 0.712. The van der Waals surface area contributed by atoms with E-state index in [1.54, 1.807) is 12.1 Å². The van der Waals surface area contributed by atoms with Gasteiger partial charge in [-0.25, -0.2) is 14.8 Å². The Labute approximate surface area is 107 Å². The molecule has 1 amide bonds. The van der Waals surface area contributed by atoms with E-state index in [1.807, 2.05) is 0 Å². The number of phenolic OH excluding ortho intramolecular Hbond substituents is 1. The molecule has 0 aliphatic rings. The van der Waals surface area contributed by atoms with Crippen molar-refractivity contribution in [1.82, 2.24) is 9.97 Å². The zero-order valence-electron chi connectivity index (χ0n) is 9.57. The maximum atomic E-state index is 11.9. The predicted molar refractivity (Wildman–Crippen MR) is 65.1 cm³/mol. The van der Waals surface area contributed by atoms with E-state index >= 15 is 0 Å². The third kappa shape index (κ3) is 2.65. The number of amides is 1. The van der Waals surface area contributed by atoms with E-state index in [9.17, 15) is 14.7 Å². The van der Waals surface area contributed by atoms with Crippen LogP contribution in [0.3, 0.4) is 0 Å². The number of para-hydroxylation sites is 2. The average molecular weight is 259 g/mol. The molecule has 3 N–H and O–H groups in total. The molecule has 0 saturated carbocycles. The first-order chi connectivity index (χ1) is 9.09. The molecule has 0 fully saturated rings. The van der Waals surface area contributed by atoms with Gasteiger partial charge in [-0.15, -0.1) is 0 Å². The number of aromatic nitrogens is 2. The van der Waals surface area contributed by atoms with Crippen LogP contribution in [0.4, 0.5) is 5.69 Å². The number of carbonyl (C=O) groups is 2. The zero-order valence-corrected chi connectivity index (χ0v) is 9.57. The van der Waals surface area contributed by atoms with Crippen molar-refractivity contribution in [1.29, 1.82) is 0 Å². The summed E-state index contributed by atoms with van der Waals surface area (Å²) < 4.78 is 0. The second kappa shape index (κ2) is 5.13. The fraction of sp³-hybridized carbons (Fsp3) is 0. The third-order valence-electron chi connectivity index (χ3n) is 2.27. The molecule has 0 unspecified atom stereocenters. The van der Waals surface area contributed by atoms with Gasteiger partial charge in [0.2, 0.25) is 0 Å². The smallest absolute Gasteiger partial charge is 0.356 e. The fourth-order valence-electron chi connectivity index (χ4n) is 1.42. The minimum absolute atomic E-state index is 0.128. The number of aromatic carboxylic acids is 1. The van der Waals surface area contributed by atoms with E-state index in [0.717, 1.165) is 0 Å². The first kappa shape index (κ1) is 12.5. The number of carboxylic acid groups (broad SMARTS) is 1. The van der Waals surface area contributed by atoms with Crippen LogP contribution < -0.4 is 5.32 Å². The molecular formula is C12H9N3O4. The highest BCUT2D eigenvalue weighted by atomic mass is 16.4. The van der Waals surface area contributed by atoms with Gasteiger partial charge >= 0.3 is 5.97 Å². The highest BCUT2D eigenvalue weighted by Crippen LogP contribution is 2.22. The van der Waals surface area contributed by atoms with Crippen LogP contribution in [0.5, 0.6) is 5.75 Å². The molecule has 0 aliphatic heterocycles. The van der Waals surface area contributed by atoms with Crippen molar-refractivity contribution in [2.45, 2.75) is 0 Å². The molecule has 0 aliphatic carbocycles. The molecular weight excluding hydrogens is 250 g/mol. The summed E-state index contributed by atoms with van der Waals surface area (Å²) in [4.78, 5) is 30.1. The Hall–Kier alpha value is -2.96. The van der Waals surface area contributed by atoms with Gasteiger partial charge in [-0.2, -0.15) is 0 Å². The van der Waals surface area contributed by atoms with Gasteiger partial charge in [-0.1, -0.05) is 12.1 Å². The Morgan fingerprint density at radius 3 is 2.32 bits per heavy atom. The van der Waals surface area contributed by atoms with Gasteiger partial charge in [-0.05, 0) is 12.1 Å². The van der Waals surface area contributed by atoms with Gasteiger partial charge in [0.1, 0.15) is 5.75 Å². The third-order valence-corrected chi connectivity index (χ3v) is 2.27. The van der Waals surface area contributed by atoms with E-state index in [-0.39, 0.29) is 17.1 Å². The van der Waals surface area contributed by atoms with Crippen molar-refractivity contribution < 1.29 is 19.8 Å². The number of rotatable bonds is 3. The highest BCUT2D eigenvalue weighted by molar-refractivity contribution is 6.08. The summed E-state index contributed by atoms with van der Waals surface area (Å²) in [6.45, 7) is 0. The lowest BCUT2D eigenvalue weighted by atomic mass is 10.2. The monoisotopic (exact) mass is 259 g/mol. The number of hydrogen-bond acceptors (Lipinski definition) is 5. The largest absolute Gasteiger partial charge is 0.506 e. The van der Waals surface area contributed by atoms with Crippen molar-refractivity contribution in [3.8, 4) is 5.75 Å². The standard InChI is InChI=1S/C12H9N3O4/c16-8-4-2-1-3-7(8)15-11(17)9-10(12(18)19)14-6-5-13-9/h1-6,16H,(H,15,17)(H,18,19). The second-order valence-electron chi connectivity index (χ2n) is 3.53. The Bertz CT molecular complexity index is 642. The summed E-state index contributed by atoms with van der Waals surface area (Å²) in [5.41, 5.74) is -0.608. The number of carbonyl (C=O) groups excluding carboxylic acids is 1. The molecule has 0 radical (unpaired) electrons. The molecule has 2 rings (SSSR count). The van der Waals surface area contributed by atoms with Crippen LogP contribution in [-0.4, -0.2) is 32.1 Å². The van der Waals surface area contributed by atoms with Crippen molar-refractivity contribution in [3.63, 3.8) is 0 Å². The molecule has 7 heteroatoms. The minimum Gasteiger partial charge on any atom is -0.506 e. The summed E-state index contributed by atoms with van der Waals surface area (Å²) in [6, 6.07) is 6.08. The van der Waals surface area contributed by atoms with Gasteiger partial charge in [0.05, 0.1) is 5.69 Å². The van der Waals surface area contributed by atoms with Crippen LogP contribution in [-0.2, 0) is 0 Å². The number of benzene rings is 1. The molecule has 19 heavy (non-hydrogen) atoms. The summed E-state index contributed by atoms with van der Waals surface area (Å²) in [5.74, 6) is -2.24. The minimum atomic E-state index is -1.35. The Kier molecular flexibility index (Phi) is 3.37. The van der Waals surface area contributed by atoms with E-state index in [1.165, 1.54) is 24.5 Å². The maximum Gasteiger partial charge on any atom is 0.356 e. The van der Waals surface area contributed by atoms with Gasteiger partial charge in [-0.3, -0.25) is 4.79 Å². The van der Waals surface area contributed by atoms with E-state index < -0.39 is 17.6 Å². The molecule has 1 aromatic carbocycles. The van der Waals surface area contributed by atoms with E-state index in [2.05, 4.69) is 15.3 Å². The Morgan fingerprint density at radius 2 is 1.68 bits per heavy atom. The van der Waals surface area contributed by atoms with Crippen LogP contribution in [0.1, 0.15) is 21.0 Å². The average Bonchev–Trinajstić information content (AvgIpc) is 2.41. The van der Waals surface area contributed by atoms with Crippen molar-refractivity contribution >= 4 is 17.6 Å². The lowest BCUT2D eigenvalue weighted by Gasteiger charge is -2.07. The zero-order chi connectivity index (χ0) is 13.8. The molecule has 0 atom stereocenters. The van der Waals surface area contributed by atoms with E-state index in [0.29, 0.717) is 0 Å². The molecule has 1 heterocycles. The van der Waals surface area contributed by atoms with Crippen LogP contribution in [0.25, 0.3) is 0 Å². The second-order valence-corrected chi connectivity index (χ2v) is 3.53. The molecule has 2 aromatic rings. The summed E-state index contributed by atoms with van der Waals surface area (Å²) in [6.07, 6.45) is 2.40. The number of anilines is 1. The Balaban J connectivity index is 2.31. The topological polar surface area (TPSA) is 112 Å². The van der Waals surface area contributed by atoms with Crippen molar-refractivity contribution in [3.05, 3.63) is 48.0 Å². The summed E-state index contributed by atoms with van der Waals surface area (Å²) in [5, 5.41) is 20.8. The van der Waals surface area contributed by atoms with Gasteiger partial charge < -0.3 is 15.5 Å². The number of hydrogen-bond donors (Lipinski definition) is 3. The Morgan fingerprint density at radius 1 is 1.05 bits per heavy atom. The summed E-state index contributed by atoms with van der Waals surface area (Å²) in [7, 11) is 0. The van der Waals surface area contributed by atoms with Gasteiger partial charge in [0.25, 0.3) is 5.91 Å². The number of nitrogens with one attached hydrogen (secondary N) is 1. The number of phenols is 1. The van der Waals surface area contributed by atoms with Crippen LogP contribution in [0, 0.1) is 0 Å². The molecule has 0 bridgehead atoms. The van der Waals surface area contributed by atoms with E-state index in [4.69, 9.17) is 5.11 Å². The number of aromatic hydroxyl groups is 1. The SMILES string of the molecule is O=C(O)c1nccnc1C(=O)Nc1ccccc1O. The maximum absolute atomic E-state index is 11.9. The molecule has 0 saturated heterocycles. The first-order valence-corrected chi connectivity index (χ1v) is 5.23. The first-order valence-electron chi connectivity index (χ1n) is 5.23. The van der Waals surface area contributed by atoms with Crippen LogP contribution >= 0.6 is 0 Å². The van der Waals surface area contributed by atoms with Crippen molar-refractivity contribution in [2.75, 3.05) is 5.32 Å². The van der Waals surface area contributed by atoms with Crippen LogP contribution in [0.2, 0.25) is 0 Å².